The number of thiophene rings is 1. The van der Waals surface area contributed by atoms with Crippen LogP contribution in [-0.2, 0) is 6.42 Å². The Balaban J connectivity index is 2.01. The molecule has 0 saturated heterocycles. The first-order valence-electron chi connectivity index (χ1n) is 5.90. The smallest absolute Gasteiger partial charge is 0.0704 e. The van der Waals surface area contributed by atoms with Crippen LogP contribution in [0, 0.1) is 0 Å². The Morgan fingerprint density at radius 1 is 1.69 bits per heavy atom. The Morgan fingerprint density at radius 3 is 3.25 bits per heavy atom. The Hall–Kier alpha value is 0.100. The number of halogens is 1. The molecular weight excluding hydrogens is 286 g/mol. The second-order valence-electron chi connectivity index (χ2n) is 4.34. The van der Waals surface area contributed by atoms with Crippen LogP contribution in [0.15, 0.2) is 9.85 Å². The van der Waals surface area contributed by atoms with Crippen LogP contribution in [0.2, 0.25) is 0 Å². The molecule has 90 valence electrons. The van der Waals surface area contributed by atoms with Gasteiger partial charge in [0, 0.05) is 17.5 Å². The quantitative estimate of drug-likeness (QED) is 0.895. The molecule has 2 N–H and O–H groups in total. The number of hydrogen-bond acceptors (Lipinski definition) is 3. The summed E-state index contributed by atoms with van der Waals surface area (Å²) in [4.78, 5) is 1.50. The second kappa shape index (κ2) is 5.63. The molecule has 2 nitrogen and oxygen atoms in total. The molecule has 0 radical (unpaired) electrons. The lowest BCUT2D eigenvalue weighted by atomic mass is 9.94. The van der Waals surface area contributed by atoms with E-state index in [9.17, 15) is 5.11 Å². The molecule has 1 aliphatic carbocycles. The van der Waals surface area contributed by atoms with Gasteiger partial charge in [-0.3, -0.25) is 0 Å². The highest BCUT2D eigenvalue weighted by Gasteiger charge is 2.22. The molecule has 1 heterocycles. The zero-order valence-corrected chi connectivity index (χ0v) is 11.9. The molecule has 0 aliphatic heterocycles. The van der Waals surface area contributed by atoms with Crippen molar-refractivity contribution >= 4 is 27.3 Å². The minimum Gasteiger partial charge on any atom is -0.392 e. The van der Waals surface area contributed by atoms with Gasteiger partial charge >= 0.3 is 0 Å². The Morgan fingerprint density at radius 2 is 2.50 bits per heavy atom. The van der Waals surface area contributed by atoms with Crippen molar-refractivity contribution in [3.8, 4) is 0 Å². The predicted molar refractivity (Wildman–Crippen MR) is 72.0 cm³/mol. The average molecular weight is 304 g/mol. The third kappa shape index (κ3) is 2.86. The first-order chi connectivity index (χ1) is 7.70. The number of aliphatic hydroxyl groups is 1. The largest absolute Gasteiger partial charge is 0.392 e. The summed E-state index contributed by atoms with van der Waals surface area (Å²) in [5.41, 5.74) is 1.44. The van der Waals surface area contributed by atoms with Crippen molar-refractivity contribution in [1.82, 2.24) is 5.32 Å². The maximum Gasteiger partial charge on any atom is 0.0704 e. The lowest BCUT2D eigenvalue weighted by Gasteiger charge is -2.24. The summed E-state index contributed by atoms with van der Waals surface area (Å²) in [5.74, 6) is 0. The topological polar surface area (TPSA) is 32.3 Å². The molecule has 16 heavy (non-hydrogen) atoms. The van der Waals surface area contributed by atoms with Gasteiger partial charge in [0.25, 0.3) is 0 Å². The van der Waals surface area contributed by atoms with E-state index >= 15 is 0 Å². The van der Waals surface area contributed by atoms with E-state index in [1.54, 1.807) is 0 Å². The van der Waals surface area contributed by atoms with Gasteiger partial charge in [-0.1, -0.05) is 6.92 Å². The summed E-state index contributed by atoms with van der Waals surface area (Å²) in [6.45, 7) is 2.72. The Bertz CT molecular complexity index is 353. The van der Waals surface area contributed by atoms with Gasteiger partial charge in [-0.15, -0.1) is 11.3 Å². The first kappa shape index (κ1) is 12.6. The van der Waals surface area contributed by atoms with Crippen molar-refractivity contribution in [2.75, 3.05) is 6.54 Å². The highest BCUT2D eigenvalue weighted by Crippen LogP contribution is 2.37. The summed E-state index contributed by atoms with van der Waals surface area (Å²) in [7, 11) is 0. The fraction of sp³-hybridized carbons (Fsp3) is 0.667. The molecule has 2 rings (SSSR count). The van der Waals surface area contributed by atoms with Gasteiger partial charge < -0.3 is 10.4 Å². The van der Waals surface area contributed by atoms with E-state index in [1.165, 1.54) is 33.5 Å². The maximum atomic E-state index is 9.57. The highest BCUT2D eigenvalue weighted by atomic mass is 79.9. The lowest BCUT2D eigenvalue weighted by molar-refractivity contribution is 0.161. The third-order valence-corrected chi connectivity index (χ3v) is 4.87. The summed E-state index contributed by atoms with van der Waals surface area (Å²) in [6, 6.07) is 2.67. The van der Waals surface area contributed by atoms with Crippen LogP contribution in [0.3, 0.4) is 0 Å². The molecule has 4 heteroatoms. The fourth-order valence-electron chi connectivity index (χ4n) is 2.16. The first-order valence-corrected chi connectivity index (χ1v) is 7.51. The number of rotatable bonds is 4. The molecule has 0 aromatic carbocycles. The van der Waals surface area contributed by atoms with Crippen LogP contribution in [-0.4, -0.2) is 17.8 Å². The molecule has 0 amide bonds. The van der Waals surface area contributed by atoms with Crippen molar-refractivity contribution in [2.45, 2.75) is 44.8 Å². The molecule has 0 fully saturated rings. The van der Waals surface area contributed by atoms with Crippen molar-refractivity contribution in [3.05, 3.63) is 20.3 Å². The maximum absolute atomic E-state index is 9.57. The van der Waals surface area contributed by atoms with Crippen LogP contribution in [0.4, 0.5) is 0 Å². The number of fused-ring (bicyclic) bond motifs is 1. The van der Waals surface area contributed by atoms with E-state index in [2.05, 4.69) is 27.3 Å². The van der Waals surface area contributed by atoms with E-state index in [4.69, 9.17) is 0 Å². The van der Waals surface area contributed by atoms with E-state index in [-0.39, 0.29) is 6.10 Å². The van der Waals surface area contributed by atoms with E-state index < -0.39 is 0 Å². The molecule has 0 spiro atoms. The summed E-state index contributed by atoms with van der Waals surface area (Å²) in [6.07, 6.45) is 4.25. The number of aryl methyl sites for hydroxylation is 1. The van der Waals surface area contributed by atoms with Gasteiger partial charge in [-0.2, -0.15) is 0 Å². The normalized spacial score (nSPS) is 21.8. The van der Waals surface area contributed by atoms with Gasteiger partial charge in [-0.25, -0.2) is 0 Å². The number of hydrogen-bond donors (Lipinski definition) is 2. The number of aliphatic hydroxyl groups excluding tert-OH is 1. The van der Waals surface area contributed by atoms with Crippen LogP contribution < -0.4 is 5.32 Å². The zero-order chi connectivity index (χ0) is 11.5. The van der Waals surface area contributed by atoms with Crippen molar-refractivity contribution in [2.24, 2.45) is 0 Å². The average Bonchev–Trinajstić information content (AvgIpc) is 2.66. The molecule has 0 bridgehead atoms. The summed E-state index contributed by atoms with van der Waals surface area (Å²) in [5, 5.41) is 13.1. The van der Waals surface area contributed by atoms with E-state index in [1.807, 2.05) is 18.3 Å². The second-order valence-corrected chi connectivity index (χ2v) is 6.86. The third-order valence-electron chi connectivity index (χ3n) is 3.15. The molecule has 2 unspecified atom stereocenters. The molecule has 2 atom stereocenters. The number of nitrogens with one attached hydrogen (secondary N) is 1. The summed E-state index contributed by atoms with van der Waals surface area (Å²) >= 11 is 5.40. The minimum atomic E-state index is -0.215. The van der Waals surface area contributed by atoms with Gasteiger partial charge in [0.2, 0.25) is 0 Å². The van der Waals surface area contributed by atoms with Gasteiger partial charge in [0.15, 0.2) is 0 Å². The molecule has 1 aromatic heterocycles. The van der Waals surface area contributed by atoms with Gasteiger partial charge in [0.1, 0.15) is 0 Å². The standard InChI is InChI=1S/C12H18BrNOS/c1-2-8(15)7-14-10-4-3-5-11-9(10)6-12(13)16-11/h6,8,10,14-15H,2-5,7H2,1H3. The van der Waals surface area contributed by atoms with Crippen LogP contribution in [0.1, 0.15) is 42.7 Å². The highest BCUT2D eigenvalue weighted by molar-refractivity contribution is 9.11. The lowest BCUT2D eigenvalue weighted by Crippen LogP contribution is -2.31. The van der Waals surface area contributed by atoms with Crippen molar-refractivity contribution in [3.63, 3.8) is 0 Å². The van der Waals surface area contributed by atoms with Gasteiger partial charge in [-0.05, 0) is 53.2 Å². The van der Waals surface area contributed by atoms with Crippen LogP contribution in [0.5, 0.6) is 0 Å². The molecule has 1 aliphatic rings. The van der Waals surface area contributed by atoms with E-state index in [0.717, 1.165) is 6.42 Å². The zero-order valence-electron chi connectivity index (χ0n) is 9.50. The van der Waals surface area contributed by atoms with Gasteiger partial charge in [0.05, 0.1) is 9.89 Å². The SMILES string of the molecule is CCC(O)CNC1CCCc2sc(Br)cc21. The van der Waals surface area contributed by atoms with Crippen LogP contribution in [0.25, 0.3) is 0 Å². The minimum absolute atomic E-state index is 0.215. The fourth-order valence-corrected chi connectivity index (χ4v) is 3.98. The van der Waals surface area contributed by atoms with Crippen molar-refractivity contribution in [1.29, 1.82) is 0 Å². The van der Waals surface area contributed by atoms with E-state index in [0.29, 0.717) is 12.6 Å². The van der Waals surface area contributed by atoms with Crippen molar-refractivity contribution < 1.29 is 5.11 Å². The van der Waals surface area contributed by atoms with Crippen LogP contribution >= 0.6 is 27.3 Å². The molecular formula is C12H18BrNOS. The predicted octanol–water partition coefficient (Wildman–Crippen LogP) is 3.25. The molecule has 0 saturated carbocycles. The summed E-state index contributed by atoms with van der Waals surface area (Å²) < 4.78 is 1.22. The molecule has 1 aromatic rings. The Kier molecular flexibility index (Phi) is 4.41. The Labute approximate surface area is 109 Å². The monoisotopic (exact) mass is 303 g/mol.